The van der Waals surface area contributed by atoms with E-state index in [2.05, 4.69) is 193 Å². The van der Waals surface area contributed by atoms with Crippen LogP contribution >= 0.6 is 0 Å². The zero-order valence-electron chi connectivity index (χ0n) is 27.8. The highest BCUT2D eigenvalue weighted by Gasteiger charge is 2.21. The van der Waals surface area contributed by atoms with Crippen molar-refractivity contribution in [2.45, 2.75) is 20.3 Å². The minimum Gasteiger partial charge on any atom is -0.313 e. The van der Waals surface area contributed by atoms with Gasteiger partial charge >= 0.3 is 0 Å². The molecule has 0 fully saturated rings. The highest BCUT2D eigenvalue weighted by molar-refractivity contribution is 6.18. The van der Waals surface area contributed by atoms with E-state index in [0.29, 0.717) is 0 Å². The van der Waals surface area contributed by atoms with Crippen LogP contribution in [0.4, 0.5) is 0 Å². The van der Waals surface area contributed by atoms with E-state index in [9.17, 15) is 0 Å². The third-order valence-electron chi connectivity index (χ3n) is 10.1. The van der Waals surface area contributed by atoms with Crippen LogP contribution in [0.25, 0.3) is 77.5 Å². The summed E-state index contributed by atoms with van der Waals surface area (Å²) in [6, 6.07) is 61.7. The molecule has 2 heterocycles. The van der Waals surface area contributed by atoms with Gasteiger partial charge in [-0.3, -0.25) is 0 Å². The molecule has 49 heavy (non-hydrogen) atoms. The molecule has 0 aliphatic heterocycles. The Morgan fingerprint density at radius 3 is 1.41 bits per heavy atom. The van der Waals surface area contributed by atoms with Crippen molar-refractivity contribution in [2.75, 3.05) is 0 Å². The second kappa shape index (κ2) is 11.8. The molecule has 0 N–H and O–H groups in total. The maximum Gasteiger partial charge on any atom is 0.0547 e. The monoisotopic (exact) mass is 628 g/mol. The van der Waals surface area contributed by atoms with E-state index >= 15 is 0 Å². The average molecular weight is 629 g/mol. The molecule has 0 amide bonds. The second-order valence-electron chi connectivity index (χ2n) is 12.8. The van der Waals surface area contributed by atoms with Crippen LogP contribution in [-0.2, 0) is 6.42 Å². The first-order valence-electron chi connectivity index (χ1n) is 17.2. The van der Waals surface area contributed by atoms with Crippen LogP contribution in [0.1, 0.15) is 18.2 Å². The zero-order valence-corrected chi connectivity index (χ0v) is 27.8. The topological polar surface area (TPSA) is 9.86 Å². The third kappa shape index (κ3) is 4.71. The van der Waals surface area contributed by atoms with E-state index in [1.807, 2.05) is 0 Å². The minimum absolute atomic E-state index is 0.947. The van der Waals surface area contributed by atoms with Crippen molar-refractivity contribution in [1.29, 1.82) is 0 Å². The molecule has 0 spiro atoms. The number of hydrogen-bond acceptors (Lipinski definition) is 0. The maximum absolute atomic E-state index is 2.47. The number of para-hydroxylation sites is 1. The predicted octanol–water partition coefficient (Wildman–Crippen LogP) is 12.6. The Kier molecular flexibility index (Phi) is 7.02. The van der Waals surface area contributed by atoms with Crippen molar-refractivity contribution in [1.82, 2.24) is 9.13 Å². The van der Waals surface area contributed by atoms with Gasteiger partial charge in [0.1, 0.15) is 0 Å². The molecule has 0 radical (unpaired) electrons. The predicted molar refractivity (Wildman–Crippen MR) is 208 cm³/mol. The van der Waals surface area contributed by atoms with Crippen LogP contribution in [0.2, 0.25) is 0 Å². The smallest absolute Gasteiger partial charge is 0.0547 e. The van der Waals surface area contributed by atoms with Gasteiger partial charge in [-0.15, -0.1) is 0 Å². The Bertz CT molecular complexity index is 2600. The third-order valence-corrected chi connectivity index (χ3v) is 10.1. The molecular weight excluding hydrogens is 593 g/mol. The second-order valence-corrected chi connectivity index (χ2v) is 12.8. The first-order chi connectivity index (χ1) is 24.2. The molecule has 2 aromatic heterocycles. The Morgan fingerprint density at radius 1 is 0.388 bits per heavy atom. The molecule has 0 unspecified atom stereocenters. The molecule has 0 aliphatic carbocycles. The summed E-state index contributed by atoms with van der Waals surface area (Å²) in [4.78, 5) is 0. The standard InChI is InChI=1S/C47H36N2/c1-3-42-32(2)46-39(19-12-22-44(46)48(42)37-28-24-35(25-29-37)33-14-6-4-7-15-33)40-20-13-23-45-47(40)41-18-10-11-21-43(41)49(45)38-30-26-36(27-31-38)34-16-8-5-9-17-34/h4-31H,3H2,1-2H3. The van der Waals surface area contributed by atoms with Crippen LogP contribution in [0.5, 0.6) is 0 Å². The number of hydrogen-bond donors (Lipinski definition) is 0. The largest absolute Gasteiger partial charge is 0.313 e. The lowest BCUT2D eigenvalue weighted by Crippen LogP contribution is -1.99. The fourth-order valence-electron chi connectivity index (χ4n) is 7.91. The van der Waals surface area contributed by atoms with Crippen LogP contribution in [0.15, 0.2) is 170 Å². The van der Waals surface area contributed by atoms with Crippen molar-refractivity contribution < 1.29 is 0 Å². The zero-order chi connectivity index (χ0) is 32.9. The maximum atomic E-state index is 2.47. The fourth-order valence-corrected chi connectivity index (χ4v) is 7.91. The van der Waals surface area contributed by atoms with E-state index in [0.717, 1.165) is 12.1 Å². The summed E-state index contributed by atoms with van der Waals surface area (Å²) in [6.45, 7) is 4.57. The van der Waals surface area contributed by atoms with E-state index < -0.39 is 0 Å². The minimum atomic E-state index is 0.947. The molecule has 0 saturated heterocycles. The Morgan fingerprint density at radius 2 is 0.837 bits per heavy atom. The van der Waals surface area contributed by atoms with Gasteiger partial charge in [0, 0.05) is 33.2 Å². The van der Waals surface area contributed by atoms with Gasteiger partial charge in [0.05, 0.1) is 16.6 Å². The van der Waals surface area contributed by atoms with Crippen LogP contribution in [-0.4, -0.2) is 9.13 Å². The Labute approximate surface area is 287 Å². The summed E-state index contributed by atoms with van der Waals surface area (Å²) in [5.74, 6) is 0. The molecule has 0 bridgehead atoms. The van der Waals surface area contributed by atoms with Gasteiger partial charge in [-0.1, -0.05) is 134 Å². The molecule has 9 rings (SSSR count). The fraction of sp³-hybridized carbons (Fsp3) is 0.0638. The molecule has 0 saturated carbocycles. The Hall–Kier alpha value is -6.12. The molecule has 0 aliphatic rings. The van der Waals surface area contributed by atoms with Gasteiger partial charge in [-0.05, 0) is 94.8 Å². The summed E-state index contributed by atoms with van der Waals surface area (Å²) < 4.78 is 4.90. The quantitative estimate of drug-likeness (QED) is 0.173. The van der Waals surface area contributed by atoms with Crippen molar-refractivity contribution >= 4 is 32.7 Å². The molecule has 9 aromatic rings. The molecule has 2 heteroatoms. The normalized spacial score (nSPS) is 11.6. The van der Waals surface area contributed by atoms with E-state index in [1.165, 1.54) is 83.0 Å². The van der Waals surface area contributed by atoms with Crippen molar-refractivity contribution in [2.24, 2.45) is 0 Å². The van der Waals surface area contributed by atoms with Gasteiger partial charge in [0.15, 0.2) is 0 Å². The number of fused-ring (bicyclic) bond motifs is 4. The number of aryl methyl sites for hydroxylation is 1. The first-order valence-corrected chi connectivity index (χ1v) is 17.2. The molecular formula is C47H36N2. The molecule has 7 aromatic carbocycles. The summed E-state index contributed by atoms with van der Waals surface area (Å²) in [7, 11) is 0. The molecule has 2 nitrogen and oxygen atoms in total. The lowest BCUT2D eigenvalue weighted by atomic mass is 9.95. The van der Waals surface area contributed by atoms with Gasteiger partial charge in [-0.25, -0.2) is 0 Å². The first kappa shape index (κ1) is 29.1. The van der Waals surface area contributed by atoms with Crippen molar-refractivity contribution in [3.05, 3.63) is 181 Å². The van der Waals surface area contributed by atoms with E-state index in [4.69, 9.17) is 0 Å². The molecule has 0 atom stereocenters. The van der Waals surface area contributed by atoms with E-state index in [-0.39, 0.29) is 0 Å². The van der Waals surface area contributed by atoms with Crippen LogP contribution in [0, 0.1) is 6.92 Å². The van der Waals surface area contributed by atoms with Crippen molar-refractivity contribution in [3.8, 4) is 44.8 Å². The average Bonchev–Trinajstić information content (AvgIpc) is 3.67. The van der Waals surface area contributed by atoms with Gasteiger partial charge in [0.2, 0.25) is 0 Å². The lowest BCUT2D eigenvalue weighted by molar-refractivity contribution is 0.947. The highest BCUT2D eigenvalue weighted by Crippen LogP contribution is 2.43. The number of rotatable bonds is 6. The SMILES string of the molecule is CCc1c(C)c2c(-c3cccc4c3c3ccccc3n4-c3ccc(-c4ccccc4)cc3)cccc2n1-c1ccc(-c2ccccc2)cc1. The number of nitrogens with zero attached hydrogens (tertiary/aromatic N) is 2. The van der Waals surface area contributed by atoms with Gasteiger partial charge < -0.3 is 9.13 Å². The van der Waals surface area contributed by atoms with Gasteiger partial charge in [0.25, 0.3) is 0 Å². The van der Waals surface area contributed by atoms with Crippen LogP contribution < -0.4 is 0 Å². The molecule has 234 valence electrons. The summed E-state index contributed by atoms with van der Waals surface area (Å²) in [5, 5.41) is 3.87. The number of benzene rings is 7. The lowest BCUT2D eigenvalue weighted by Gasteiger charge is -2.12. The van der Waals surface area contributed by atoms with Crippen LogP contribution in [0.3, 0.4) is 0 Å². The Balaban J connectivity index is 1.23. The van der Waals surface area contributed by atoms with Gasteiger partial charge in [-0.2, -0.15) is 0 Å². The summed E-state index contributed by atoms with van der Waals surface area (Å²) >= 11 is 0. The summed E-state index contributed by atoms with van der Waals surface area (Å²) in [6.07, 6.45) is 0.947. The summed E-state index contributed by atoms with van der Waals surface area (Å²) in [5.41, 5.74) is 16.2. The van der Waals surface area contributed by atoms with Crippen molar-refractivity contribution in [3.63, 3.8) is 0 Å². The number of aromatic nitrogens is 2. The van der Waals surface area contributed by atoms with E-state index in [1.54, 1.807) is 0 Å². The highest BCUT2D eigenvalue weighted by atomic mass is 15.0.